The molecule has 0 saturated heterocycles. The molecule has 0 bridgehead atoms. The minimum atomic E-state index is -0.581. The molecule has 34 heavy (non-hydrogen) atoms. The number of benzene rings is 3. The zero-order valence-electron chi connectivity index (χ0n) is 18.0. The molecule has 0 radical (unpaired) electrons. The first-order chi connectivity index (χ1) is 16.2. The van der Waals surface area contributed by atoms with Crippen molar-refractivity contribution in [2.75, 3.05) is 0 Å². The van der Waals surface area contributed by atoms with Crippen LogP contribution in [0.1, 0.15) is 34.6 Å². The quantitative estimate of drug-likeness (QED) is 0.298. The molecule has 0 aliphatic rings. The Morgan fingerprint density at radius 3 is 2.18 bits per heavy atom. The average Bonchev–Trinajstić information content (AvgIpc) is 2.78. The summed E-state index contributed by atoms with van der Waals surface area (Å²) in [6, 6.07) is 9.25. The molecule has 0 unspecified atom stereocenters. The molecule has 3 aromatic carbocycles. The second kappa shape index (κ2) is 7.41. The number of hydrogen-bond acceptors (Lipinski definition) is 8. The predicted octanol–water partition coefficient (Wildman–Crippen LogP) is 4.54. The van der Waals surface area contributed by atoms with E-state index in [1.54, 1.807) is 0 Å². The van der Waals surface area contributed by atoms with Crippen molar-refractivity contribution in [3.8, 4) is 22.6 Å². The Kier molecular flexibility index (Phi) is 4.61. The van der Waals surface area contributed by atoms with Gasteiger partial charge in [-0.05, 0) is 50.2 Å². The lowest BCUT2D eigenvalue weighted by molar-refractivity contribution is 0.101. The summed E-state index contributed by atoms with van der Waals surface area (Å²) in [7, 11) is 0. The second-order valence-corrected chi connectivity index (χ2v) is 7.93. The number of aromatic hydroxyl groups is 2. The van der Waals surface area contributed by atoms with Crippen molar-refractivity contribution in [3.63, 3.8) is 0 Å². The summed E-state index contributed by atoms with van der Waals surface area (Å²) in [6.07, 6.45) is 1.13. The number of carbonyl (C=O) groups is 2. The number of hydrogen-bond donors (Lipinski definition) is 2. The van der Waals surface area contributed by atoms with Gasteiger partial charge in [0.15, 0.2) is 11.6 Å². The third-order valence-electron chi connectivity index (χ3n) is 5.70. The lowest BCUT2D eigenvalue weighted by Gasteiger charge is -2.15. The molecule has 5 rings (SSSR count). The zero-order chi connectivity index (χ0) is 24.3. The van der Waals surface area contributed by atoms with Crippen LogP contribution in [0.2, 0.25) is 0 Å². The Morgan fingerprint density at radius 1 is 0.765 bits per heavy atom. The van der Waals surface area contributed by atoms with Gasteiger partial charge in [0.25, 0.3) is 0 Å². The number of Topliss-reactive ketones (excluding diaryl/α,β-unsaturated/α-hetero) is 2. The highest BCUT2D eigenvalue weighted by Gasteiger charge is 2.27. The molecule has 2 heterocycles. The van der Waals surface area contributed by atoms with E-state index in [4.69, 9.17) is 8.83 Å². The van der Waals surface area contributed by atoms with Crippen LogP contribution in [0.4, 0.5) is 0 Å². The minimum absolute atomic E-state index is 0.0137. The summed E-state index contributed by atoms with van der Waals surface area (Å²) in [4.78, 5) is 52.1. The number of phenolic OH excluding ortho intramolecular Hbond substituents is 2. The Morgan fingerprint density at radius 2 is 1.47 bits per heavy atom. The van der Waals surface area contributed by atoms with Crippen LogP contribution >= 0.6 is 0 Å². The van der Waals surface area contributed by atoms with Crippen LogP contribution in [0, 0.1) is 0 Å². The van der Waals surface area contributed by atoms with Crippen molar-refractivity contribution in [2.45, 2.75) is 13.8 Å². The molecule has 0 amide bonds. The molecule has 0 spiro atoms. The van der Waals surface area contributed by atoms with E-state index < -0.39 is 22.4 Å². The molecule has 0 atom stereocenters. The molecule has 5 aromatic rings. The largest absolute Gasteiger partial charge is 0.508 e. The topological polar surface area (TPSA) is 135 Å². The van der Waals surface area contributed by atoms with Crippen molar-refractivity contribution in [1.82, 2.24) is 0 Å². The van der Waals surface area contributed by atoms with E-state index in [0.29, 0.717) is 0 Å². The van der Waals surface area contributed by atoms with Crippen LogP contribution in [0.5, 0.6) is 11.5 Å². The minimum Gasteiger partial charge on any atom is -0.508 e. The monoisotopic (exact) mass is 456 g/mol. The molecule has 2 aromatic heterocycles. The summed E-state index contributed by atoms with van der Waals surface area (Å²) < 4.78 is 11.4. The van der Waals surface area contributed by atoms with Crippen LogP contribution < -0.4 is 10.9 Å². The fourth-order valence-corrected chi connectivity index (χ4v) is 4.16. The lowest BCUT2D eigenvalue weighted by Crippen LogP contribution is -2.14. The summed E-state index contributed by atoms with van der Waals surface area (Å²) in [5.41, 5.74) is -1.27. The number of fused-ring (bicyclic) bond motifs is 3. The normalized spacial score (nSPS) is 11.4. The smallest absolute Gasteiger partial charge is 0.200 e. The van der Waals surface area contributed by atoms with Crippen LogP contribution in [-0.2, 0) is 0 Å². The van der Waals surface area contributed by atoms with E-state index in [1.807, 2.05) is 0 Å². The third kappa shape index (κ3) is 3.07. The van der Waals surface area contributed by atoms with Gasteiger partial charge in [0.2, 0.25) is 10.9 Å². The zero-order valence-corrected chi connectivity index (χ0v) is 18.0. The van der Waals surface area contributed by atoms with E-state index >= 15 is 0 Å². The molecule has 8 nitrogen and oxygen atoms in total. The number of carbonyl (C=O) groups excluding carboxylic acids is 2. The highest BCUT2D eigenvalue weighted by atomic mass is 16.3. The molecule has 0 fully saturated rings. The predicted molar refractivity (Wildman–Crippen MR) is 125 cm³/mol. The average molecular weight is 456 g/mol. The van der Waals surface area contributed by atoms with Crippen LogP contribution in [0.15, 0.2) is 67.2 Å². The van der Waals surface area contributed by atoms with Gasteiger partial charge in [-0.1, -0.05) is 0 Å². The van der Waals surface area contributed by atoms with Crippen LogP contribution in [0.3, 0.4) is 0 Å². The number of rotatable bonds is 3. The standard InChI is InChI=1S/C26H16O8/c1-11(27)16-9-18-24(31)15-5-3-14(30)8-21(15)34-26(18)22(12(2)28)23(16)19-10-33-20-6-4-13(29)7-17(20)25(19)32/h3-10,29-30H,1-2H3. The molecule has 8 heteroatoms. The van der Waals surface area contributed by atoms with E-state index in [1.165, 1.54) is 56.3 Å². The van der Waals surface area contributed by atoms with Crippen molar-refractivity contribution in [3.05, 3.63) is 80.3 Å². The Balaban J connectivity index is 2.02. The van der Waals surface area contributed by atoms with Gasteiger partial charge < -0.3 is 19.0 Å². The third-order valence-corrected chi connectivity index (χ3v) is 5.70. The van der Waals surface area contributed by atoms with E-state index in [-0.39, 0.29) is 66.7 Å². The first kappa shape index (κ1) is 21.1. The number of ketones is 2. The van der Waals surface area contributed by atoms with Crippen molar-refractivity contribution in [1.29, 1.82) is 0 Å². The highest BCUT2D eigenvalue weighted by Crippen LogP contribution is 2.35. The maximum absolute atomic E-state index is 13.4. The van der Waals surface area contributed by atoms with Gasteiger partial charge in [-0.2, -0.15) is 0 Å². The highest BCUT2D eigenvalue weighted by molar-refractivity contribution is 6.17. The molecular formula is C26H16O8. The first-order valence-corrected chi connectivity index (χ1v) is 10.2. The molecule has 0 saturated carbocycles. The van der Waals surface area contributed by atoms with Gasteiger partial charge in [0.05, 0.1) is 27.3 Å². The summed E-state index contributed by atoms with van der Waals surface area (Å²) in [5, 5.41) is 19.9. The first-order valence-electron chi connectivity index (χ1n) is 10.2. The maximum atomic E-state index is 13.4. The summed E-state index contributed by atoms with van der Waals surface area (Å²) in [6.45, 7) is 2.48. The molecule has 0 aliphatic carbocycles. The van der Waals surface area contributed by atoms with Crippen molar-refractivity contribution in [2.24, 2.45) is 0 Å². The van der Waals surface area contributed by atoms with Crippen LogP contribution in [-0.4, -0.2) is 21.8 Å². The van der Waals surface area contributed by atoms with Gasteiger partial charge in [-0.3, -0.25) is 19.2 Å². The van der Waals surface area contributed by atoms with Gasteiger partial charge in [-0.25, -0.2) is 0 Å². The Hall–Kier alpha value is -4.72. The Bertz CT molecular complexity index is 1820. The summed E-state index contributed by atoms with van der Waals surface area (Å²) in [5.74, 6) is -1.34. The molecule has 2 N–H and O–H groups in total. The molecule has 168 valence electrons. The van der Waals surface area contributed by atoms with Crippen LogP contribution in [0.25, 0.3) is 44.0 Å². The fourth-order valence-electron chi connectivity index (χ4n) is 4.16. The number of phenols is 2. The second-order valence-electron chi connectivity index (χ2n) is 7.93. The Labute approximate surface area is 190 Å². The van der Waals surface area contributed by atoms with Gasteiger partial charge >= 0.3 is 0 Å². The van der Waals surface area contributed by atoms with E-state index in [9.17, 15) is 29.4 Å². The van der Waals surface area contributed by atoms with E-state index in [2.05, 4.69) is 0 Å². The van der Waals surface area contributed by atoms with Crippen molar-refractivity contribution < 1.29 is 28.6 Å². The molecule has 0 aliphatic heterocycles. The SMILES string of the molecule is CC(=O)c1cc2c(=O)c3ccc(O)cc3oc2c(C(C)=O)c1-c1coc2ccc(O)cc2c1=O. The lowest BCUT2D eigenvalue weighted by atomic mass is 9.88. The van der Waals surface area contributed by atoms with Gasteiger partial charge in [0.1, 0.15) is 34.5 Å². The molecular weight excluding hydrogens is 440 g/mol. The van der Waals surface area contributed by atoms with Gasteiger partial charge in [-0.15, -0.1) is 0 Å². The van der Waals surface area contributed by atoms with E-state index in [0.717, 1.165) is 6.26 Å². The maximum Gasteiger partial charge on any atom is 0.200 e. The van der Waals surface area contributed by atoms with Gasteiger partial charge in [0, 0.05) is 17.2 Å². The fraction of sp³-hybridized carbons (Fsp3) is 0.0769. The van der Waals surface area contributed by atoms with Crippen molar-refractivity contribution >= 4 is 44.5 Å². The summed E-state index contributed by atoms with van der Waals surface area (Å²) >= 11 is 0.